The molecule has 0 amide bonds. The summed E-state index contributed by atoms with van der Waals surface area (Å²) < 4.78 is 14.8. The molecule has 96 valence electrons. The normalized spacial score (nSPS) is 10.7. The van der Waals surface area contributed by atoms with Gasteiger partial charge in [-0.1, -0.05) is 11.6 Å². The first kappa shape index (κ1) is 12.9. The smallest absolute Gasteiger partial charge is 0.131 e. The van der Waals surface area contributed by atoms with Gasteiger partial charge in [-0.25, -0.2) is 4.39 Å². The van der Waals surface area contributed by atoms with Crippen LogP contribution in [0.3, 0.4) is 0 Å². The van der Waals surface area contributed by atoms with Crippen LogP contribution in [0.1, 0.15) is 16.8 Å². The number of aryl methyl sites for hydroxylation is 3. The summed E-state index contributed by atoms with van der Waals surface area (Å²) in [5.74, 6) is -0.198. The van der Waals surface area contributed by atoms with E-state index in [1.165, 1.54) is 6.07 Å². The Morgan fingerprint density at radius 1 is 1.39 bits per heavy atom. The van der Waals surface area contributed by atoms with E-state index in [0.717, 1.165) is 16.9 Å². The number of halogens is 2. The zero-order chi connectivity index (χ0) is 13.3. The van der Waals surface area contributed by atoms with Crippen LogP contribution in [0.2, 0.25) is 5.15 Å². The van der Waals surface area contributed by atoms with E-state index < -0.39 is 0 Å². The van der Waals surface area contributed by atoms with Crippen molar-refractivity contribution in [3.63, 3.8) is 0 Å². The van der Waals surface area contributed by atoms with Crippen LogP contribution < -0.4 is 5.32 Å². The van der Waals surface area contributed by atoms with Gasteiger partial charge in [-0.05, 0) is 37.6 Å². The first-order chi connectivity index (χ1) is 8.49. The minimum Gasteiger partial charge on any atom is -0.381 e. The monoisotopic (exact) mass is 267 g/mol. The fourth-order valence-corrected chi connectivity index (χ4v) is 2.06. The number of benzene rings is 1. The van der Waals surface area contributed by atoms with Crippen molar-refractivity contribution in [3.8, 4) is 0 Å². The first-order valence-corrected chi connectivity index (χ1v) is 6.05. The van der Waals surface area contributed by atoms with Crippen LogP contribution in [0.5, 0.6) is 0 Å². The van der Waals surface area contributed by atoms with Crippen molar-refractivity contribution in [2.75, 3.05) is 5.32 Å². The summed E-state index contributed by atoms with van der Waals surface area (Å²) in [5.41, 5.74) is 3.34. The molecule has 18 heavy (non-hydrogen) atoms. The predicted octanol–water partition coefficient (Wildman–Crippen LogP) is 3.44. The van der Waals surface area contributed by atoms with Gasteiger partial charge in [0.25, 0.3) is 0 Å². The van der Waals surface area contributed by atoms with Crippen molar-refractivity contribution in [2.24, 2.45) is 7.05 Å². The minimum absolute atomic E-state index is 0.198. The Morgan fingerprint density at radius 3 is 2.67 bits per heavy atom. The molecule has 3 nitrogen and oxygen atoms in total. The van der Waals surface area contributed by atoms with Gasteiger partial charge in [0, 0.05) is 24.8 Å². The molecule has 0 bridgehead atoms. The zero-order valence-electron chi connectivity index (χ0n) is 10.6. The molecular formula is C13H15ClFN3. The number of nitrogens with zero attached hydrogens (tertiary/aromatic N) is 2. The molecule has 1 N–H and O–H groups in total. The van der Waals surface area contributed by atoms with Crippen LogP contribution in [0, 0.1) is 19.7 Å². The topological polar surface area (TPSA) is 29.9 Å². The fraction of sp³-hybridized carbons (Fsp3) is 0.308. The zero-order valence-corrected chi connectivity index (χ0v) is 11.3. The van der Waals surface area contributed by atoms with E-state index in [2.05, 4.69) is 10.4 Å². The van der Waals surface area contributed by atoms with Gasteiger partial charge < -0.3 is 5.32 Å². The molecule has 0 radical (unpaired) electrons. The average molecular weight is 268 g/mol. The Kier molecular flexibility index (Phi) is 3.57. The lowest BCUT2D eigenvalue weighted by molar-refractivity contribution is 0.618. The largest absolute Gasteiger partial charge is 0.381 e. The number of hydrogen-bond donors (Lipinski definition) is 1. The Bertz CT molecular complexity index is 578. The maximum atomic E-state index is 13.1. The van der Waals surface area contributed by atoms with Crippen molar-refractivity contribution in [2.45, 2.75) is 20.4 Å². The highest BCUT2D eigenvalue weighted by Gasteiger charge is 2.10. The molecule has 0 fully saturated rings. The third-order valence-electron chi connectivity index (χ3n) is 2.90. The molecule has 2 rings (SSSR count). The van der Waals surface area contributed by atoms with E-state index in [1.54, 1.807) is 30.8 Å². The van der Waals surface area contributed by atoms with Crippen molar-refractivity contribution in [1.82, 2.24) is 9.78 Å². The second-order valence-corrected chi connectivity index (χ2v) is 4.65. The van der Waals surface area contributed by atoms with Gasteiger partial charge in [0.2, 0.25) is 0 Å². The fourth-order valence-electron chi connectivity index (χ4n) is 1.82. The van der Waals surface area contributed by atoms with E-state index in [1.807, 2.05) is 6.92 Å². The maximum absolute atomic E-state index is 13.1. The van der Waals surface area contributed by atoms with Crippen LogP contribution in [-0.2, 0) is 13.6 Å². The average Bonchev–Trinajstić information content (AvgIpc) is 2.56. The second-order valence-electron chi connectivity index (χ2n) is 4.30. The minimum atomic E-state index is -0.198. The molecule has 0 saturated heterocycles. The molecule has 0 saturated carbocycles. The van der Waals surface area contributed by atoms with Crippen molar-refractivity contribution in [1.29, 1.82) is 0 Å². The van der Waals surface area contributed by atoms with Crippen molar-refractivity contribution < 1.29 is 4.39 Å². The highest BCUT2D eigenvalue weighted by Crippen LogP contribution is 2.21. The third-order valence-corrected chi connectivity index (χ3v) is 3.37. The Balaban J connectivity index is 2.14. The Hall–Kier alpha value is -1.55. The summed E-state index contributed by atoms with van der Waals surface area (Å²) in [6.07, 6.45) is 0. The maximum Gasteiger partial charge on any atom is 0.131 e. The number of hydrogen-bond acceptors (Lipinski definition) is 2. The number of anilines is 1. The summed E-state index contributed by atoms with van der Waals surface area (Å²) in [4.78, 5) is 0. The number of aromatic nitrogens is 2. The van der Waals surface area contributed by atoms with Crippen LogP contribution in [0.15, 0.2) is 18.2 Å². The van der Waals surface area contributed by atoms with Gasteiger partial charge in [0.1, 0.15) is 11.0 Å². The molecule has 0 aliphatic carbocycles. The SMILES string of the molecule is Cc1cc(NCc2c(C)nn(C)c2Cl)ccc1F. The van der Waals surface area contributed by atoms with Crippen LogP contribution >= 0.6 is 11.6 Å². The lowest BCUT2D eigenvalue weighted by atomic mass is 10.2. The molecule has 1 aromatic heterocycles. The standard InChI is InChI=1S/C13H15ClFN3/c1-8-6-10(4-5-12(8)15)16-7-11-9(2)17-18(3)13(11)14/h4-6,16H,7H2,1-3H3. The van der Waals surface area contributed by atoms with Gasteiger partial charge in [-0.15, -0.1) is 0 Å². The van der Waals surface area contributed by atoms with Crippen LogP contribution in [0.25, 0.3) is 0 Å². The van der Waals surface area contributed by atoms with E-state index in [4.69, 9.17) is 11.6 Å². The lowest BCUT2D eigenvalue weighted by Crippen LogP contribution is -2.01. The molecular weight excluding hydrogens is 253 g/mol. The molecule has 0 aliphatic heterocycles. The van der Waals surface area contributed by atoms with Gasteiger partial charge in [-0.2, -0.15) is 5.10 Å². The van der Waals surface area contributed by atoms with E-state index >= 15 is 0 Å². The second kappa shape index (κ2) is 4.98. The molecule has 2 aromatic rings. The number of rotatable bonds is 3. The predicted molar refractivity (Wildman–Crippen MR) is 71.4 cm³/mol. The first-order valence-electron chi connectivity index (χ1n) is 5.67. The lowest BCUT2D eigenvalue weighted by Gasteiger charge is -2.07. The van der Waals surface area contributed by atoms with Gasteiger partial charge in [0.15, 0.2) is 0 Å². The summed E-state index contributed by atoms with van der Waals surface area (Å²) in [5, 5.41) is 8.08. The quantitative estimate of drug-likeness (QED) is 0.923. The van der Waals surface area contributed by atoms with Crippen molar-refractivity contribution in [3.05, 3.63) is 46.0 Å². The third kappa shape index (κ3) is 2.48. The molecule has 0 spiro atoms. The molecule has 0 aliphatic rings. The summed E-state index contributed by atoms with van der Waals surface area (Å²) in [7, 11) is 1.81. The van der Waals surface area contributed by atoms with Gasteiger partial charge >= 0.3 is 0 Å². The van der Waals surface area contributed by atoms with Gasteiger partial charge in [-0.3, -0.25) is 4.68 Å². The summed E-state index contributed by atoms with van der Waals surface area (Å²) in [6.45, 7) is 4.23. The molecule has 1 aromatic carbocycles. The van der Waals surface area contributed by atoms with Gasteiger partial charge in [0.05, 0.1) is 5.69 Å². The highest BCUT2D eigenvalue weighted by atomic mass is 35.5. The van der Waals surface area contributed by atoms with E-state index in [-0.39, 0.29) is 5.82 Å². The van der Waals surface area contributed by atoms with Crippen LogP contribution in [-0.4, -0.2) is 9.78 Å². The highest BCUT2D eigenvalue weighted by molar-refractivity contribution is 6.30. The van der Waals surface area contributed by atoms with E-state index in [9.17, 15) is 4.39 Å². The van der Waals surface area contributed by atoms with Crippen LogP contribution in [0.4, 0.5) is 10.1 Å². The van der Waals surface area contributed by atoms with E-state index in [0.29, 0.717) is 17.3 Å². The molecule has 0 atom stereocenters. The number of nitrogens with one attached hydrogen (secondary N) is 1. The summed E-state index contributed by atoms with van der Waals surface area (Å²) in [6, 6.07) is 4.94. The summed E-state index contributed by atoms with van der Waals surface area (Å²) >= 11 is 6.14. The van der Waals surface area contributed by atoms with Crippen molar-refractivity contribution >= 4 is 17.3 Å². The molecule has 0 unspecified atom stereocenters. The molecule has 5 heteroatoms. The Labute approximate surface area is 111 Å². The Morgan fingerprint density at radius 2 is 2.11 bits per heavy atom. The molecule has 1 heterocycles.